The number of benzene rings is 3. The number of hydrogen-bond donors (Lipinski definition) is 2. The number of para-hydroxylation sites is 1. The fourth-order valence-electron chi connectivity index (χ4n) is 4.08. The van der Waals surface area contributed by atoms with Crippen LogP contribution in [0.5, 0.6) is 5.75 Å². The van der Waals surface area contributed by atoms with E-state index in [1.54, 1.807) is 24.3 Å². The highest BCUT2D eigenvalue weighted by Gasteiger charge is 2.38. The van der Waals surface area contributed by atoms with Gasteiger partial charge in [-0.25, -0.2) is 4.79 Å². The van der Waals surface area contributed by atoms with Gasteiger partial charge >= 0.3 is 12.4 Å². The molecule has 4 rings (SSSR count). The Morgan fingerprint density at radius 3 is 2.32 bits per heavy atom. The molecular weight excluding hydrogens is 523 g/mol. The summed E-state index contributed by atoms with van der Waals surface area (Å²) in [6.07, 6.45) is -5.04. The largest absolute Gasteiger partial charge is 0.573 e. The van der Waals surface area contributed by atoms with Crippen molar-refractivity contribution in [2.24, 2.45) is 10.7 Å². The molecule has 3 amide bonds. The van der Waals surface area contributed by atoms with Crippen LogP contribution in [0.3, 0.4) is 0 Å². The lowest BCUT2D eigenvalue weighted by atomic mass is 10.0. The number of primary amides is 1. The summed E-state index contributed by atoms with van der Waals surface area (Å²) >= 11 is 5.96. The highest BCUT2D eigenvalue weighted by molar-refractivity contribution is 6.30. The lowest BCUT2D eigenvalue weighted by Gasteiger charge is -2.31. The lowest BCUT2D eigenvalue weighted by molar-refractivity contribution is -0.275. The monoisotopic (exact) mass is 545 g/mol. The van der Waals surface area contributed by atoms with Gasteiger partial charge in [0.05, 0.1) is 6.54 Å². The van der Waals surface area contributed by atoms with Crippen LogP contribution < -0.4 is 20.7 Å². The van der Waals surface area contributed by atoms with E-state index in [9.17, 15) is 22.8 Å². The van der Waals surface area contributed by atoms with E-state index >= 15 is 0 Å². The number of rotatable bonds is 7. The number of carbonyl (C=O) groups is 2. The fourth-order valence-corrected chi connectivity index (χ4v) is 4.21. The number of amidine groups is 1. The van der Waals surface area contributed by atoms with Crippen molar-refractivity contribution in [3.05, 3.63) is 88.9 Å². The van der Waals surface area contributed by atoms with Crippen LogP contribution >= 0.6 is 11.6 Å². The van der Waals surface area contributed by atoms with Gasteiger partial charge in [-0.05, 0) is 54.6 Å². The van der Waals surface area contributed by atoms with Gasteiger partial charge in [-0.15, -0.1) is 13.2 Å². The van der Waals surface area contributed by atoms with Crippen molar-refractivity contribution >= 4 is 40.7 Å². The van der Waals surface area contributed by atoms with E-state index in [0.29, 0.717) is 17.3 Å². The number of urea groups is 1. The third kappa shape index (κ3) is 6.17. The van der Waals surface area contributed by atoms with Crippen LogP contribution in [0.1, 0.15) is 17.2 Å². The molecule has 0 saturated heterocycles. The number of hydrogen-bond acceptors (Lipinski definition) is 5. The Morgan fingerprint density at radius 2 is 1.74 bits per heavy atom. The van der Waals surface area contributed by atoms with E-state index in [1.807, 2.05) is 11.9 Å². The van der Waals surface area contributed by atoms with Gasteiger partial charge in [0, 0.05) is 41.1 Å². The van der Waals surface area contributed by atoms with E-state index in [-0.39, 0.29) is 11.3 Å². The summed E-state index contributed by atoms with van der Waals surface area (Å²) in [7, 11) is 1.92. The van der Waals surface area contributed by atoms with Gasteiger partial charge in [0.2, 0.25) is 0 Å². The first kappa shape index (κ1) is 26.8. The maximum atomic E-state index is 13.7. The van der Waals surface area contributed by atoms with Gasteiger partial charge < -0.3 is 20.7 Å². The van der Waals surface area contributed by atoms with E-state index in [1.165, 1.54) is 42.5 Å². The molecule has 1 aliphatic heterocycles. The predicted octanol–water partition coefficient (Wildman–Crippen LogP) is 5.20. The Hall–Kier alpha value is -4.25. The topological polar surface area (TPSA) is 100 Å². The molecule has 1 unspecified atom stereocenters. The minimum absolute atomic E-state index is 0.140. The number of amides is 3. The zero-order chi connectivity index (χ0) is 27.4. The average Bonchev–Trinajstić information content (AvgIpc) is 3.29. The third-order valence-electron chi connectivity index (χ3n) is 5.76. The van der Waals surface area contributed by atoms with Crippen LogP contribution in [0.15, 0.2) is 77.8 Å². The summed E-state index contributed by atoms with van der Waals surface area (Å²) in [5.41, 5.74) is 6.75. The number of carbonyl (C=O) groups excluding carboxylic acids is 2. The van der Waals surface area contributed by atoms with E-state index in [0.717, 1.165) is 28.9 Å². The molecule has 1 aliphatic rings. The fraction of sp³-hybridized carbons (Fsp3) is 0.192. The molecule has 0 saturated carbocycles. The molecule has 0 fully saturated rings. The van der Waals surface area contributed by atoms with Crippen LogP contribution in [0.25, 0.3) is 0 Å². The molecule has 12 heteroatoms. The molecule has 1 atom stereocenters. The van der Waals surface area contributed by atoms with E-state index in [2.05, 4.69) is 15.0 Å². The summed E-state index contributed by atoms with van der Waals surface area (Å²) in [5, 5.41) is 3.02. The smallest absolute Gasteiger partial charge is 0.405 e. The quantitative estimate of drug-likeness (QED) is 0.426. The molecule has 3 N–H and O–H groups in total. The molecule has 0 aromatic heterocycles. The second kappa shape index (κ2) is 11.0. The Kier molecular flexibility index (Phi) is 7.77. The van der Waals surface area contributed by atoms with Gasteiger partial charge in [0.1, 0.15) is 17.6 Å². The molecule has 0 aliphatic carbocycles. The van der Waals surface area contributed by atoms with Gasteiger partial charge in [0.25, 0.3) is 5.91 Å². The minimum Gasteiger partial charge on any atom is -0.405 e. The molecule has 38 heavy (non-hydrogen) atoms. The van der Waals surface area contributed by atoms with Crippen molar-refractivity contribution in [3.8, 4) is 5.75 Å². The van der Waals surface area contributed by atoms with Gasteiger partial charge in [-0.2, -0.15) is 0 Å². The molecule has 198 valence electrons. The van der Waals surface area contributed by atoms with Crippen LogP contribution in [-0.4, -0.2) is 49.2 Å². The number of aliphatic imine (C=N–C) groups is 1. The Bertz CT molecular complexity index is 1350. The minimum atomic E-state index is -5.04. The first-order chi connectivity index (χ1) is 18.0. The molecule has 0 bridgehead atoms. The van der Waals surface area contributed by atoms with Crippen LogP contribution in [0.4, 0.5) is 29.3 Å². The van der Waals surface area contributed by atoms with Crippen LogP contribution in [0, 0.1) is 0 Å². The van der Waals surface area contributed by atoms with Crippen LogP contribution in [0.2, 0.25) is 5.02 Å². The SMILES string of the molecule is CN1CCN=C1c1ccc(NC(=O)C(c2ccccc2OC(F)(F)F)N(C(N)=O)c2ccc(Cl)cc2)cc1. The Labute approximate surface area is 221 Å². The first-order valence-electron chi connectivity index (χ1n) is 11.4. The third-order valence-corrected chi connectivity index (χ3v) is 6.01. The van der Waals surface area contributed by atoms with E-state index in [4.69, 9.17) is 17.3 Å². The summed E-state index contributed by atoms with van der Waals surface area (Å²) < 4.78 is 43.8. The Balaban J connectivity index is 1.73. The molecule has 8 nitrogen and oxygen atoms in total. The summed E-state index contributed by atoms with van der Waals surface area (Å²) in [6.45, 7) is 1.47. The molecule has 0 spiro atoms. The van der Waals surface area contributed by atoms with Gasteiger partial charge in [-0.1, -0.05) is 29.8 Å². The second-order valence-corrected chi connectivity index (χ2v) is 8.80. The number of halogens is 4. The van der Waals surface area contributed by atoms with Gasteiger partial charge in [0.15, 0.2) is 0 Å². The average molecular weight is 546 g/mol. The number of likely N-dealkylation sites (N-methyl/N-ethyl adjacent to an activating group) is 1. The molecule has 3 aromatic rings. The molecule has 1 heterocycles. The highest BCUT2D eigenvalue weighted by atomic mass is 35.5. The predicted molar refractivity (Wildman–Crippen MR) is 138 cm³/mol. The number of anilines is 2. The van der Waals surface area contributed by atoms with Crippen molar-refractivity contribution in [2.45, 2.75) is 12.4 Å². The van der Waals surface area contributed by atoms with Crippen molar-refractivity contribution in [1.29, 1.82) is 0 Å². The number of ether oxygens (including phenoxy) is 1. The number of nitrogens with zero attached hydrogens (tertiary/aromatic N) is 3. The zero-order valence-corrected chi connectivity index (χ0v) is 20.8. The number of nitrogens with two attached hydrogens (primary N) is 1. The molecule has 3 aromatic carbocycles. The molecule has 0 radical (unpaired) electrons. The van der Waals surface area contributed by atoms with Crippen LogP contribution in [-0.2, 0) is 4.79 Å². The van der Waals surface area contributed by atoms with Crippen molar-refractivity contribution in [2.75, 3.05) is 30.4 Å². The van der Waals surface area contributed by atoms with Crippen molar-refractivity contribution < 1.29 is 27.5 Å². The van der Waals surface area contributed by atoms with Crippen molar-refractivity contribution in [1.82, 2.24) is 4.90 Å². The first-order valence-corrected chi connectivity index (χ1v) is 11.8. The highest BCUT2D eigenvalue weighted by Crippen LogP contribution is 2.36. The van der Waals surface area contributed by atoms with E-state index < -0.39 is 30.1 Å². The summed E-state index contributed by atoms with van der Waals surface area (Å²) in [4.78, 5) is 33.6. The molecular formula is C26H23ClF3N5O3. The summed E-state index contributed by atoms with van der Waals surface area (Å²) in [6, 6.07) is 14.9. The van der Waals surface area contributed by atoms with Crippen molar-refractivity contribution in [3.63, 3.8) is 0 Å². The second-order valence-electron chi connectivity index (χ2n) is 8.37. The zero-order valence-electron chi connectivity index (χ0n) is 20.1. The lowest BCUT2D eigenvalue weighted by Crippen LogP contribution is -2.44. The standard InChI is InChI=1S/C26H23ClF3N5O3/c1-34-15-14-32-23(34)16-6-10-18(11-7-16)33-24(36)22(20-4-2-3-5-21(20)38-26(28,29)30)35(25(31)37)19-12-8-17(27)9-13-19/h2-13,22H,14-15H2,1H3,(H2,31,37)(H,33,36). The maximum Gasteiger partial charge on any atom is 0.573 e. The number of alkyl halides is 3. The Morgan fingerprint density at radius 1 is 1.08 bits per heavy atom. The maximum absolute atomic E-state index is 13.7. The number of nitrogens with one attached hydrogen (secondary N) is 1. The summed E-state index contributed by atoms with van der Waals surface area (Å²) in [5.74, 6) is -0.667. The normalized spacial score (nSPS) is 14.0. The van der Waals surface area contributed by atoms with Gasteiger partial charge in [-0.3, -0.25) is 14.7 Å².